The third kappa shape index (κ3) is 5.74. The van der Waals surface area contributed by atoms with Crippen LogP contribution in [0.4, 0.5) is 4.53 Å². The van der Waals surface area contributed by atoms with Gasteiger partial charge in [0.2, 0.25) is 0 Å². The van der Waals surface area contributed by atoms with E-state index in [0.717, 1.165) is 44.8 Å². The molecule has 154 valence electrons. The number of halogens is 1. The highest BCUT2D eigenvalue weighted by Gasteiger charge is 2.53. The Morgan fingerprint density at radius 1 is 1.04 bits per heavy atom. The lowest BCUT2D eigenvalue weighted by molar-refractivity contribution is -0.185. The van der Waals surface area contributed by atoms with Crippen molar-refractivity contribution in [2.24, 2.45) is 28.1 Å². The van der Waals surface area contributed by atoms with Gasteiger partial charge in [0, 0.05) is 23.8 Å². The molecule has 0 aromatic rings. The summed E-state index contributed by atoms with van der Waals surface area (Å²) in [4.78, 5) is 41.5. The maximum absolute atomic E-state index is 12.1. The zero-order valence-corrected chi connectivity index (χ0v) is 16.4. The predicted octanol–water partition coefficient (Wildman–Crippen LogP) is 3.96. The van der Waals surface area contributed by atoms with E-state index in [0.29, 0.717) is 25.2 Å². The first-order valence-corrected chi connectivity index (χ1v) is 9.82. The van der Waals surface area contributed by atoms with Crippen LogP contribution in [0.25, 0.3) is 0 Å². The Kier molecular flexibility index (Phi) is 7.00. The summed E-state index contributed by atoms with van der Waals surface area (Å²) in [7, 11) is 0. The summed E-state index contributed by atoms with van der Waals surface area (Å²) in [6.45, 7) is 4.39. The molecule has 2 rings (SSSR count). The van der Waals surface area contributed by atoms with Crippen molar-refractivity contribution in [2.45, 2.75) is 84.5 Å². The molecule has 2 bridgehead atoms. The summed E-state index contributed by atoms with van der Waals surface area (Å²) in [5.41, 5.74) is -0.0906. The maximum atomic E-state index is 12.1. The van der Waals surface area contributed by atoms with Crippen molar-refractivity contribution in [2.75, 3.05) is 0 Å². The number of nitrogens with two attached hydrogens (primary N) is 1. The Bertz CT molecular complexity index is 569. The van der Waals surface area contributed by atoms with Crippen molar-refractivity contribution in [1.82, 2.24) is 0 Å². The Morgan fingerprint density at radius 2 is 1.63 bits per heavy atom. The fourth-order valence-electron chi connectivity index (χ4n) is 6.32. The third-order valence-electron chi connectivity index (χ3n) is 6.76. The van der Waals surface area contributed by atoms with E-state index in [9.17, 15) is 18.9 Å². The lowest BCUT2D eigenvalue weighted by atomic mass is 9.47. The van der Waals surface area contributed by atoms with E-state index < -0.39 is 11.9 Å². The highest BCUT2D eigenvalue weighted by Crippen LogP contribution is 2.63. The van der Waals surface area contributed by atoms with Gasteiger partial charge in [0.15, 0.2) is 0 Å². The van der Waals surface area contributed by atoms with Crippen LogP contribution in [0.5, 0.6) is 0 Å². The van der Waals surface area contributed by atoms with Crippen molar-refractivity contribution >= 4 is 18.2 Å². The molecule has 2 N–H and O–H groups in total. The Balaban J connectivity index is 2.19. The number of aldehydes is 1. The standard InChI is InChI=1S/C20H32FNO5/c1-18(6-3-9-23)10-15-11-19(2,7-4-16(24)26-21)14-20(12-15,13-18)8-5-17(25)27-22/h9,15H,3-8,10-14,22H2,1-2H3. The first-order chi connectivity index (χ1) is 12.7. The maximum Gasteiger partial charge on any atom is 0.348 e. The topological polar surface area (TPSA) is 95.7 Å². The van der Waals surface area contributed by atoms with Crippen LogP contribution < -0.4 is 5.90 Å². The van der Waals surface area contributed by atoms with Crippen LogP contribution in [0.2, 0.25) is 0 Å². The van der Waals surface area contributed by atoms with Gasteiger partial charge in [-0.15, -0.1) is 0 Å². The molecule has 2 saturated carbocycles. The molecular formula is C20H32FNO5. The number of rotatable bonds is 9. The summed E-state index contributed by atoms with van der Waals surface area (Å²) in [5.74, 6) is 4.22. The van der Waals surface area contributed by atoms with Crippen molar-refractivity contribution < 1.29 is 28.7 Å². The molecule has 0 amide bonds. The van der Waals surface area contributed by atoms with Crippen LogP contribution in [0.3, 0.4) is 0 Å². The zero-order chi connectivity index (χ0) is 20.1. The molecule has 2 aliphatic rings. The largest absolute Gasteiger partial charge is 0.373 e. The van der Waals surface area contributed by atoms with Gasteiger partial charge < -0.3 is 9.63 Å². The van der Waals surface area contributed by atoms with E-state index in [1.54, 1.807) is 0 Å². The Labute approximate surface area is 160 Å². The van der Waals surface area contributed by atoms with Crippen molar-refractivity contribution in [3.8, 4) is 0 Å². The summed E-state index contributed by atoms with van der Waals surface area (Å²) < 4.78 is 12.1. The number of carbonyl (C=O) groups excluding carboxylic acids is 3. The molecule has 6 nitrogen and oxygen atoms in total. The average molecular weight is 385 g/mol. The van der Waals surface area contributed by atoms with E-state index in [-0.39, 0.29) is 29.1 Å². The molecule has 0 aliphatic heterocycles. The third-order valence-corrected chi connectivity index (χ3v) is 6.76. The Hall–Kier alpha value is -1.50. The van der Waals surface area contributed by atoms with E-state index in [2.05, 4.69) is 23.6 Å². The second-order valence-electron chi connectivity index (χ2n) is 9.60. The molecule has 7 heteroatoms. The molecule has 4 unspecified atom stereocenters. The quantitative estimate of drug-likeness (QED) is 0.477. The van der Waals surface area contributed by atoms with Gasteiger partial charge in [-0.2, -0.15) is 5.90 Å². The second kappa shape index (κ2) is 8.67. The predicted molar refractivity (Wildman–Crippen MR) is 96.5 cm³/mol. The molecule has 0 spiro atoms. The SMILES string of the molecule is CC1(CCC=O)CC2CC(C)(CCC(=O)OF)CC(CCC(=O)ON)(C2)C1. The first kappa shape index (κ1) is 21.8. The number of carbonyl (C=O) groups is 3. The molecule has 4 atom stereocenters. The van der Waals surface area contributed by atoms with Crippen LogP contribution in [0, 0.1) is 22.2 Å². The lowest BCUT2D eigenvalue weighted by Crippen LogP contribution is -2.48. The molecule has 27 heavy (non-hydrogen) atoms. The monoisotopic (exact) mass is 385 g/mol. The van der Waals surface area contributed by atoms with E-state index in [1.807, 2.05) is 0 Å². The van der Waals surface area contributed by atoms with Crippen LogP contribution >= 0.6 is 0 Å². The molecule has 0 radical (unpaired) electrons. The minimum Gasteiger partial charge on any atom is -0.373 e. The fourth-order valence-corrected chi connectivity index (χ4v) is 6.32. The molecular weight excluding hydrogens is 353 g/mol. The van der Waals surface area contributed by atoms with Crippen LogP contribution in [-0.4, -0.2) is 18.2 Å². The van der Waals surface area contributed by atoms with E-state index in [1.165, 1.54) is 0 Å². The van der Waals surface area contributed by atoms with Gasteiger partial charge in [-0.1, -0.05) is 13.8 Å². The highest BCUT2D eigenvalue weighted by molar-refractivity contribution is 5.69. The summed E-state index contributed by atoms with van der Waals surface area (Å²) in [6.07, 6.45) is 8.77. The fraction of sp³-hybridized carbons (Fsp3) is 0.850. The van der Waals surface area contributed by atoms with Crippen molar-refractivity contribution in [3.63, 3.8) is 0 Å². The highest BCUT2D eigenvalue weighted by atomic mass is 19.3. The summed E-state index contributed by atoms with van der Waals surface area (Å²) >= 11 is 0. The van der Waals surface area contributed by atoms with E-state index >= 15 is 0 Å². The smallest absolute Gasteiger partial charge is 0.348 e. The van der Waals surface area contributed by atoms with Crippen LogP contribution in [-0.2, 0) is 24.2 Å². The van der Waals surface area contributed by atoms with Gasteiger partial charge >= 0.3 is 11.9 Å². The lowest BCUT2D eigenvalue weighted by Gasteiger charge is -2.58. The van der Waals surface area contributed by atoms with E-state index in [4.69, 9.17) is 5.90 Å². The average Bonchev–Trinajstić information content (AvgIpc) is 2.61. The number of fused-ring (bicyclic) bond motifs is 2. The second-order valence-corrected chi connectivity index (χ2v) is 9.60. The number of hydrogen-bond donors (Lipinski definition) is 1. The number of hydrogen-bond acceptors (Lipinski definition) is 6. The summed E-state index contributed by atoms with van der Waals surface area (Å²) in [6, 6.07) is 0. The van der Waals surface area contributed by atoms with Crippen LogP contribution in [0.1, 0.15) is 84.5 Å². The first-order valence-electron chi connectivity index (χ1n) is 9.82. The minimum absolute atomic E-state index is 0.0542. The molecule has 2 aliphatic carbocycles. The minimum atomic E-state index is -0.830. The van der Waals surface area contributed by atoms with Gasteiger partial charge in [0.05, 0.1) is 0 Å². The van der Waals surface area contributed by atoms with Gasteiger partial charge in [0.1, 0.15) is 6.29 Å². The molecule has 0 aromatic carbocycles. The summed E-state index contributed by atoms with van der Waals surface area (Å²) in [5, 5.41) is 0. The Morgan fingerprint density at radius 3 is 2.19 bits per heavy atom. The van der Waals surface area contributed by atoms with Gasteiger partial charge in [-0.3, -0.25) is 9.74 Å². The molecule has 2 fully saturated rings. The van der Waals surface area contributed by atoms with Gasteiger partial charge in [0.25, 0.3) is 0 Å². The molecule has 0 aromatic heterocycles. The van der Waals surface area contributed by atoms with Gasteiger partial charge in [-0.05, 0) is 73.5 Å². The zero-order valence-electron chi connectivity index (χ0n) is 16.4. The normalized spacial score (nSPS) is 35.3. The van der Waals surface area contributed by atoms with Crippen molar-refractivity contribution in [1.29, 1.82) is 0 Å². The molecule has 0 saturated heterocycles. The molecule has 0 heterocycles. The van der Waals surface area contributed by atoms with Crippen molar-refractivity contribution in [3.05, 3.63) is 0 Å². The van der Waals surface area contributed by atoms with Gasteiger partial charge in [-0.25, -0.2) is 4.79 Å². The van der Waals surface area contributed by atoms with Crippen LogP contribution in [0.15, 0.2) is 0 Å².